The molecule has 0 aliphatic heterocycles. The highest BCUT2D eigenvalue weighted by Crippen LogP contribution is 2.12. The van der Waals surface area contributed by atoms with Crippen LogP contribution in [0, 0.1) is 18.6 Å². The van der Waals surface area contributed by atoms with E-state index in [-0.39, 0.29) is 6.54 Å². The molecule has 0 bridgehead atoms. The van der Waals surface area contributed by atoms with Gasteiger partial charge in [0.1, 0.15) is 11.6 Å². The summed E-state index contributed by atoms with van der Waals surface area (Å²) < 4.78 is 25.3. The second-order valence-electron chi connectivity index (χ2n) is 2.40. The van der Waals surface area contributed by atoms with E-state index in [0.29, 0.717) is 11.1 Å². The first-order chi connectivity index (χ1) is 5.15. The third kappa shape index (κ3) is 1.54. The number of rotatable bonds is 1. The van der Waals surface area contributed by atoms with Crippen LogP contribution in [0.25, 0.3) is 0 Å². The van der Waals surface area contributed by atoms with Gasteiger partial charge in [-0.1, -0.05) is 0 Å². The molecule has 0 aliphatic rings. The molecule has 60 valence electrons. The highest BCUT2D eigenvalue weighted by molar-refractivity contribution is 5.25. The van der Waals surface area contributed by atoms with Crippen molar-refractivity contribution >= 4 is 0 Å². The number of nitrogens with two attached hydrogens (primary N) is 1. The van der Waals surface area contributed by atoms with E-state index in [0.717, 1.165) is 6.07 Å². The van der Waals surface area contributed by atoms with Crippen LogP contribution in [0.5, 0.6) is 0 Å². The van der Waals surface area contributed by atoms with Crippen LogP contribution in [0.4, 0.5) is 8.78 Å². The Morgan fingerprint density at radius 3 is 2.45 bits per heavy atom. The minimum atomic E-state index is -0.574. The van der Waals surface area contributed by atoms with Crippen LogP contribution in [0.1, 0.15) is 11.1 Å². The fourth-order valence-electron chi connectivity index (χ4n) is 0.873. The third-order valence-corrected chi connectivity index (χ3v) is 1.55. The fraction of sp³-hybridized carbons (Fsp3) is 0.250. The lowest BCUT2D eigenvalue weighted by atomic mass is 10.1. The van der Waals surface area contributed by atoms with Gasteiger partial charge in [0.25, 0.3) is 0 Å². The van der Waals surface area contributed by atoms with E-state index in [1.807, 2.05) is 0 Å². The molecule has 0 saturated heterocycles. The van der Waals surface area contributed by atoms with Gasteiger partial charge in [-0.25, -0.2) is 8.78 Å². The van der Waals surface area contributed by atoms with E-state index in [4.69, 9.17) is 5.73 Å². The van der Waals surface area contributed by atoms with Crippen molar-refractivity contribution in [1.82, 2.24) is 0 Å². The lowest BCUT2D eigenvalue weighted by Crippen LogP contribution is -2.01. The Morgan fingerprint density at radius 1 is 1.27 bits per heavy atom. The lowest BCUT2D eigenvalue weighted by Gasteiger charge is -2.01. The molecular formula is C8H9F2N. The molecule has 1 aromatic carbocycles. The molecule has 0 fully saturated rings. The van der Waals surface area contributed by atoms with Crippen LogP contribution in [0.15, 0.2) is 12.1 Å². The van der Waals surface area contributed by atoms with Gasteiger partial charge >= 0.3 is 0 Å². The van der Waals surface area contributed by atoms with Gasteiger partial charge in [-0.3, -0.25) is 0 Å². The second kappa shape index (κ2) is 2.96. The van der Waals surface area contributed by atoms with Crippen molar-refractivity contribution < 1.29 is 8.78 Å². The molecule has 0 heterocycles. The first kappa shape index (κ1) is 8.14. The zero-order valence-electron chi connectivity index (χ0n) is 6.20. The van der Waals surface area contributed by atoms with Crippen molar-refractivity contribution in [2.45, 2.75) is 13.5 Å². The molecule has 3 heteroatoms. The molecule has 0 spiro atoms. The molecule has 2 N–H and O–H groups in total. The Hall–Kier alpha value is -0.960. The van der Waals surface area contributed by atoms with Gasteiger partial charge in [0.2, 0.25) is 0 Å². The third-order valence-electron chi connectivity index (χ3n) is 1.55. The van der Waals surface area contributed by atoms with E-state index < -0.39 is 11.6 Å². The molecule has 0 amide bonds. The monoisotopic (exact) mass is 157 g/mol. The molecule has 1 aromatic rings. The minimum Gasteiger partial charge on any atom is -0.326 e. The average Bonchev–Trinajstić information content (AvgIpc) is 1.97. The highest BCUT2D eigenvalue weighted by atomic mass is 19.1. The number of hydrogen-bond donors (Lipinski definition) is 1. The van der Waals surface area contributed by atoms with Gasteiger partial charge in [0, 0.05) is 18.2 Å². The lowest BCUT2D eigenvalue weighted by molar-refractivity contribution is 0.567. The molecule has 0 aliphatic carbocycles. The van der Waals surface area contributed by atoms with Gasteiger partial charge in [-0.2, -0.15) is 0 Å². The van der Waals surface area contributed by atoms with Crippen LogP contribution in [0.2, 0.25) is 0 Å². The largest absolute Gasteiger partial charge is 0.326 e. The van der Waals surface area contributed by atoms with Crippen LogP contribution in [0.3, 0.4) is 0 Å². The summed E-state index contributed by atoms with van der Waals surface area (Å²) in [7, 11) is 0. The number of benzene rings is 1. The maximum absolute atomic E-state index is 12.7. The summed E-state index contributed by atoms with van der Waals surface area (Å²) in [5.74, 6) is -1.10. The Bertz CT molecular complexity index is 271. The van der Waals surface area contributed by atoms with Crippen molar-refractivity contribution in [2.75, 3.05) is 0 Å². The Morgan fingerprint density at radius 2 is 1.91 bits per heavy atom. The molecular weight excluding hydrogens is 148 g/mol. The summed E-state index contributed by atoms with van der Waals surface area (Å²) in [6.07, 6.45) is 0. The van der Waals surface area contributed by atoms with E-state index >= 15 is 0 Å². The smallest absolute Gasteiger partial charge is 0.130 e. The summed E-state index contributed by atoms with van der Waals surface area (Å²) in [4.78, 5) is 0. The normalized spacial score (nSPS) is 10.2. The summed E-state index contributed by atoms with van der Waals surface area (Å²) in [6, 6.07) is 2.28. The van der Waals surface area contributed by atoms with Crippen molar-refractivity contribution in [3.8, 4) is 0 Å². The topological polar surface area (TPSA) is 26.0 Å². The predicted octanol–water partition coefficient (Wildman–Crippen LogP) is 1.73. The molecule has 0 atom stereocenters. The molecule has 0 saturated carbocycles. The molecule has 11 heavy (non-hydrogen) atoms. The summed E-state index contributed by atoms with van der Waals surface area (Å²) >= 11 is 0. The minimum absolute atomic E-state index is 0.104. The van der Waals surface area contributed by atoms with Gasteiger partial charge in [-0.15, -0.1) is 0 Å². The number of aryl methyl sites for hydroxylation is 1. The number of hydrogen-bond acceptors (Lipinski definition) is 1. The van der Waals surface area contributed by atoms with Gasteiger partial charge in [-0.05, 0) is 18.6 Å². The molecule has 0 unspecified atom stereocenters. The summed E-state index contributed by atoms with van der Waals surface area (Å²) in [5.41, 5.74) is 5.98. The van der Waals surface area contributed by atoms with Gasteiger partial charge < -0.3 is 5.73 Å². The second-order valence-corrected chi connectivity index (χ2v) is 2.40. The maximum atomic E-state index is 12.7. The van der Waals surface area contributed by atoms with Crippen molar-refractivity contribution in [3.63, 3.8) is 0 Å². The van der Waals surface area contributed by atoms with Crippen molar-refractivity contribution in [3.05, 3.63) is 34.9 Å². The zero-order valence-corrected chi connectivity index (χ0v) is 6.20. The highest BCUT2D eigenvalue weighted by Gasteiger charge is 2.04. The van der Waals surface area contributed by atoms with Gasteiger partial charge in [0.05, 0.1) is 0 Å². The fourth-order valence-corrected chi connectivity index (χ4v) is 0.873. The molecule has 1 rings (SSSR count). The predicted molar refractivity (Wildman–Crippen MR) is 39.0 cm³/mol. The van der Waals surface area contributed by atoms with Crippen LogP contribution < -0.4 is 5.73 Å². The summed E-state index contributed by atoms with van der Waals surface area (Å²) in [5, 5.41) is 0. The SMILES string of the molecule is Cc1cc(CN)c(F)cc1F. The standard InChI is InChI=1S/C8H9F2N/c1-5-2-6(4-11)8(10)3-7(5)9/h2-3H,4,11H2,1H3. The first-order valence-electron chi connectivity index (χ1n) is 3.29. The van der Waals surface area contributed by atoms with Crippen molar-refractivity contribution in [1.29, 1.82) is 0 Å². The molecule has 1 nitrogen and oxygen atoms in total. The number of halogens is 2. The molecule has 0 aromatic heterocycles. The maximum Gasteiger partial charge on any atom is 0.130 e. The van der Waals surface area contributed by atoms with Crippen LogP contribution in [-0.4, -0.2) is 0 Å². The summed E-state index contributed by atoms with van der Waals surface area (Å²) in [6.45, 7) is 1.68. The van der Waals surface area contributed by atoms with E-state index in [1.54, 1.807) is 6.92 Å². The zero-order chi connectivity index (χ0) is 8.43. The average molecular weight is 157 g/mol. The van der Waals surface area contributed by atoms with E-state index in [2.05, 4.69) is 0 Å². The Labute approximate surface area is 63.8 Å². The Kier molecular flexibility index (Phi) is 2.19. The Balaban J connectivity index is 3.21. The quantitative estimate of drug-likeness (QED) is 0.660. The first-order valence-corrected chi connectivity index (χ1v) is 3.29. The van der Waals surface area contributed by atoms with Gasteiger partial charge in [0.15, 0.2) is 0 Å². The van der Waals surface area contributed by atoms with Crippen LogP contribution >= 0.6 is 0 Å². The van der Waals surface area contributed by atoms with Crippen molar-refractivity contribution in [2.24, 2.45) is 5.73 Å². The van der Waals surface area contributed by atoms with E-state index in [1.165, 1.54) is 6.07 Å². The van der Waals surface area contributed by atoms with Crippen LogP contribution in [-0.2, 0) is 6.54 Å². The molecule has 0 radical (unpaired) electrons. The van der Waals surface area contributed by atoms with E-state index in [9.17, 15) is 8.78 Å².